The van der Waals surface area contributed by atoms with E-state index in [4.69, 9.17) is 13.9 Å². The molecule has 0 N–H and O–H groups in total. The molecule has 0 bridgehead atoms. The topological polar surface area (TPSA) is 55.2 Å². The third-order valence-electron chi connectivity index (χ3n) is 5.85. The predicted octanol–water partition coefficient (Wildman–Crippen LogP) is 6.38. The molecule has 1 saturated heterocycles. The van der Waals surface area contributed by atoms with Crippen LogP contribution < -0.4 is 14.4 Å². The first kappa shape index (κ1) is 23.2. The Morgan fingerprint density at radius 2 is 1.63 bits per heavy atom. The number of hydrogen-bond acceptors (Lipinski definition) is 6. The van der Waals surface area contributed by atoms with Crippen molar-refractivity contribution in [1.29, 1.82) is 0 Å². The summed E-state index contributed by atoms with van der Waals surface area (Å²) < 4.78 is 17.6. The van der Waals surface area contributed by atoms with Gasteiger partial charge < -0.3 is 18.8 Å². The smallest absolute Gasteiger partial charge is 0.379 e. The number of piperazine rings is 1. The largest absolute Gasteiger partial charge is 0.457 e. The zero-order valence-corrected chi connectivity index (χ0v) is 20.7. The molecule has 0 saturated carbocycles. The Morgan fingerprint density at radius 1 is 0.829 bits per heavy atom. The number of halogens is 1. The van der Waals surface area contributed by atoms with Crippen molar-refractivity contribution in [3.8, 4) is 17.2 Å². The Kier molecular flexibility index (Phi) is 7.16. The number of rotatable bonds is 7. The van der Waals surface area contributed by atoms with E-state index in [1.807, 2.05) is 54.6 Å². The van der Waals surface area contributed by atoms with Gasteiger partial charge in [0, 0.05) is 43.3 Å². The number of carbonyl (C=O) groups is 1. The van der Waals surface area contributed by atoms with E-state index in [-0.39, 0.29) is 5.76 Å². The van der Waals surface area contributed by atoms with E-state index in [2.05, 4.69) is 37.9 Å². The van der Waals surface area contributed by atoms with Crippen LogP contribution in [0.2, 0.25) is 0 Å². The van der Waals surface area contributed by atoms with Crippen molar-refractivity contribution in [2.45, 2.75) is 6.54 Å². The zero-order chi connectivity index (χ0) is 24.0. The summed E-state index contributed by atoms with van der Waals surface area (Å²) in [6.45, 7) is 4.45. The fourth-order valence-electron chi connectivity index (χ4n) is 4.09. The second-order valence-corrected chi connectivity index (χ2v) is 9.16. The number of benzene rings is 3. The van der Waals surface area contributed by atoms with Gasteiger partial charge >= 0.3 is 5.97 Å². The molecule has 5 rings (SSSR count). The van der Waals surface area contributed by atoms with Crippen LogP contribution in [0.5, 0.6) is 17.2 Å². The zero-order valence-electron chi connectivity index (χ0n) is 19.1. The maximum Gasteiger partial charge on any atom is 0.379 e. The summed E-state index contributed by atoms with van der Waals surface area (Å²) in [6, 6.07) is 26.9. The van der Waals surface area contributed by atoms with Gasteiger partial charge in [-0.3, -0.25) is 4.90 Å². The number of nitrogens with zero attached hydrogens (tertiary/aromatic N) is 2. The summed E-state index contributed by atoms with van der Waals surface area (Å²) in [5, 5.41) is 0. The fraction of sp³-hybridized carbons (Fsp3) is 0.179. The first-order valence-electron chi connectivity index (χ1n) is 11.5. The highest BCUT2D eigenvalue weighted by Crippen LogP contribution is 2.32. The van der Waals surface area contributed by atoms with Crippen LogP contribution in [0.1, 0.15) is 16.1 Å². The highest BCUT2D eigenvalue weighted by atomic mass is 79.9. The van der Waals surface area contributed by atoms with Gasteiger partial charge in [-0.05, 0) is 70.0 Å². The van der Waals surface area contributed by atoms with Crippen LogP contribution in [0.15, 0.2) is 100 Å². The molecule has 2 heterocycles. The third kappa shape index (κ3) is 5.93. The molecule has 1 aromatic heterocycles. The molecule has 178 valence electrons. The van der Waals surface area contributed by atoms with Gasteiger partial charge in [0.25, 0.3) is 0 Å². The van der Waals surface area contributed by atoms with Crippen molar-refractivity contribution in [3.63, 3.8) is 0 Å². The predicted molar refractivity (Wildman–Crippen MR) is 138 cm³/mol. The van der Waals surface area contributed by atoms with Gasteiger partial charge in [-0.1, -0.05) is 30.3 Å². The summed E-state index contributed by atoms with van der Waals surface area (Å²) in [6.07, 6.45) is 1.45. The minimum atomic E-state index is -0.508. The lowest BCUT2D eigenvalue weighted by Crippen LogP contribution is -2.46. The second-order valence-electron chi connectivity index (χ2n) is 8.31. The van der Waals surface area contributed by atoms with Gasteiger partial charge in [0.2, 0.25) is 5.76 Å². The van der Waals surface area contributed by atoms with Crippen LogP contribution in [0.25, 0.3) is 0 Å². The summed E-state index contributed by atoms with van der Waals surface area (Å²) >= 11 is 3.65. The molecule has 4 aromatic rings. The number of ether oxygens (including phenoxy) is 2. The van der Waals surface area contributed by atoms with E-state index in [0.717, 1.165) is 54.4 Å². The van der Waals surface area contributed by atoms with Gasteiger partial charge in [0.1, 0.15) is 17.2 Å². The average Bonchev–Trinajstić information content (AvgIpc) is 3.42. The Bertz CT molecular complexity index is 1270. The number of carbonyl (C=O) groups excluding carboxylic acids is 1. The van der Waals surface area contributed by atoms with Crippen LogP contribution in [0.3, 0.4) is 0 Å². The molecule has 1 fully saturated rings. The number of furan rings is 1. The van der Waals surface area contributed by atoms with Crippen LogP contribution >= 0.6 is 15.9 Å². The Balaban J connectivity index is 1.18. The van der Waals surface area contributed by atoms with Crippen molar-refractivity contribution in [2.24, 2.45) is 0 Å². The van der Waals surface area contributed by atoms with Crippen molar-refractivity contribution in [3.05, 3.63) is 107 Å². The van der Waals surface area contributed by atoms with Gasteiger partial charge in [-0.15, -0.1) is 0 Å². The van der Waals surface area contributed by atoms with Crippen LogP contribution in [0, 0.1) is 0 Å². The summed E-state index contributed by atoms with van der Waals surface area (Å²) in [7, 11) is 0. The summed E-state index contributed by atoms with van der Waals surface area (Å²) in [5.41, 5.74) is 2.23. The fourth-order valence-corrected chi connectivity index (χ4v) is 4.58. The summed E-state index contributed by atoms with van der Waals surface area (Å²) in [4.78, 5) is 17.0. The van der Waals surface area contributed by atoms with Gasteiger partial charge in [0.05, 0.1) is 12.0 Å². The van der Waals surface area contributed by atoms with E-state index >= 15 is 0 Å². The highest BCUT2D eigenvalue weighted by molar-refractivity contribution is 9.10. The average molecular weight is 533 g/mol. The first-order chi connectivity index (χ1) is 17.1. The molecule has 0 aliphatic carbocycles. The molecule has 0 unspecified atom stereocenters. The van der Waals surface area contributed by atoms with E-state index in [1.165, 1.54) is 11.8 Å². The van der Waals surface area contributed by atoms with Gasteiger partial charge in [-0.25, -0.2) is 4.79 Å². The molecular formula is C28H25BrN2O4. The lowest BCUT2D eigenvalue weighted by molar-refractivity contribution is 0.0701. The number of para-hydroxylation sites is 1. The second kappa shape index (κ2) is 10.8. The molecule has 0 spiro atoms. The number of anilines is 1. The lowest BCUT2D eigenvalue weighted by Gasteiger charge is -2.36. The third-order valence-corrected chi connectivity index (χ3v) is 6.52. The van der Waals surface area contributed by atoms with Gasteiger partial charge in [-0.2, -0.15) is 0 Å². The van der Waals surface area contributed by atoms with E-state index in [0.29, 0.717) is 5.75 Å². The maximum atomic E-state index is 12.2. The lowest BCUT2D eigenvalue weighted by atomic mass is 10.1. The molecule has 1 aliphatic rings. The number of hydrogen-bond donors (Lipinski definition) is 0. The molecule has 3 aromatic carbocycles. The SMILES string of the molecule is O=C(Oc1ccc(Br)c(N2CCN(Cc3cccc(Oc4ccccc4)c3)CC2)c1)c1ccco1. The molecule has 7 heteroatoms. The number of esters is 1. The van der Waals surface area contributed by atoms with Crippen molar-refractivity contribution >= 4 is 27.6 Å². The Labute approximate surface area is 212 Å². The Hall–Kier alpha value is -3.55. The van der Waals surface area contributed by atoms with Crippen molar-refractivity contribution in [2.75, 3.05) is 31.1 Å². The quantitative estimate of drug-likeness (QED) is 0.203. The van der Waals surface area contributed by atoms with Crippen LogP contribution in [-0.2, 0) is 6.54 Å². The standard InChI is InChI=1S/C28H25BrN2O4/c29-25-12-11-24(35-28(32)27-10-5-17-33-27)19-26(25)31-15-13-30(14-16-31)20-21-6-4-9-23(18-21)34-22-7-2-1-3-8-22/h1-12,17-19H,13-16,20H2. The van der Waals surface area contributed by atoms with Crippen molar-refractivity contribution in [1.82, 2.24) is 4.90 Å². The maximum absolute atomic E-state index is 12.2. The first-order valence-corrected chi connectivity index (χ1v) is 12.3. The van der Waals surface area contributed by atoms with Crippen LogP contribution in [-0.4, -0.2) is 37.0 Å². The molecule has 0 amide bonds. The minimum absolute atomic E-state index is 0.182. The molecule has 0 radical (unpaired) electrons. The normalized spacial score (nSPS) is 14.0. The molecule has 35 heavy (non-hydrogen) atoms. The van der Waals surface area contributed by atoms with Crippen LogP contribution in [0.4, 0.5) is 5.69 Å². The monoisotopic (exact) mass is 532 g/mol. The molecule has 1 aliphatic heterocycles. The van der Waals surface area contributed by atoms with Crippen molar-refractivity contribution < 1.29 is 18.7 Å². The van der Waals surface area contributed by atoms with E-state index in [1.54, 1.807) is 18.2 Å². The molecular weight excluding hydrogens is 508 g/mol. The van der Waals surface area contributed by atoms with Gasteiger partial charge in [0.15, 0.2) is 0 Å². The minimum Gasteiger partial charge on any atom is -0.457 e. The molecule has 6 nitrogen and oxygen atoms in total. The van der Waals surface area contributed by atoms with E-state index in [9.17, 15) is 4.79 Å². The molecule has 0 atom stereocenters. The van der Waals surface area contributed by atoms with E-state index < -0.39 is 5.97 Å². The summed E-state index contributed by atoms with van der Waals surface area (Å²) in [5.74, 6) is 1.84. The highest BCUT2D eigenvalue weighted by Gasteiger charge is 2.20. The Morgan fingerprint density at radius 3 is 2.40 bits per heavy atom.